The Kier molecular flexibility index (Phi) is 6.14. The highest BCUT2D eigenvalue weighted by atomic mass is 16.5. The van der Waals surface area contributed by atoms with Gasteiger partial charge in [-0.2, -0.15) is 0 Å². The summed E-state index contributed by atoms with van der Waals surface area (Å²) in [4.78, 5) is 26.7. The first-order valence-electron chi connectivity index (χ1n) is 8.89. The topological polar surface area (TPSA) is 65.1 Å². The van der Waals surface area contributed by atoms with Gasteiger partial charge in [0.15, 0.2) is 0 Å². The fraction of sp³-hybridized carbons (Fsp3) is 0.130. The molecule has 0 N–H and O–H groups in total. The first kappa shape index (κ1) is 19.9. The molecular weight excluding hydrogens is 370 g/mol. The van der Waals surface area contributed by atoms with Crippen LogP contribution in [0.5, 0.6) is 5.75 Å². The monoisotopic (exact) mass is 391 g/mol. The Bertz CT molecular complexity index is 1010. The van der Waals surface area contributed by atoms with Crippen LogP contribution in [0.3, 0.4) is 0 Å². The van der Waals surface area contributed by atoms with Gasteiger partial charge in [0.05, 0.1) is 32.6 Å². The molecule has 0 amide bonds. The average Bonchev–Trinajstić information content (AvgIpc) is 3.01. The zero-order valence-corrected chi connectivity index (χ0v) is 16.4. The van der Waals surface area contributed by atoms with Crippen LogP contribution < -0.4 is 9.64 Å². The molecule has 0 saturated heterocycles. The van der Waals surface area contributed by atoms with Crippen LogP contribution in [-0.4, -0.2) is 33.3 Å². The van der Waals surface area contributed by atoms with Crippen molar-refractivity contribution in [1.82, 2.24) is 0 Å². The van der Waals surface area contributed by atoms with Gasteiger partial charge in [-0.1, -0.05) is 36.4 Å². The Hall–Kier alpha value is -3.80. The van der Waals surface area contributed by atoms with Gasteiger partial charge in [0.1, 0.15) is 11.4 Å². The van der Waals surface area contributed by atoms with Crippen LogP contribution in [0.1, 0.15) is 0 Å². The number of nitrogens with zero attached hydrogens (tertiary/aromatic N) is 1. The van der Waals surface area contributed by atoms with Gasteiger partial charge in [-0.3, -0.25) is 0 Å². The van der Waals surface area contributed by atoms with Gasteiger partial charge in [0.25, 0.3) is 0 Å². The maximum absolute atomic E-state index is 12.7. The predicted octanol–water partition coefficient (Wildman–Crippen LogP) is 3.85. The lowest BCUT2D eigenvalue weighted by molar-refractivity contribution is -0.139. The second-order valence-electron chi connectivity index (χ2n) is 6.07. The highest BCUT2D eigenvalue weighted by Gasteiger charge is 2.29. The number of benzene rings is 2. The number of anilines is 1. The van der Waals surface area contributed by atoms with Crippen LogP contribution in [0.25, 0.3) is 11.1 Å². The van der Waals surface area contributed by atoms with Gasteiger partial charge < -0.3 is 19.1 Å². The molecule has 0 fully saturated rings. The fourth-order valence-electron chi connectivity index (χ4n) is 3.05. The summed E-state index contributed by atoms with van der Waals surface area (Å²) in [7, 11) is 4.10. The summed E-state index contributed by atoms with van der Waals surface area (Å²) in [5, 5.41) is 0. The predicted molar refractivity (Wildman–Crippen MR) is 110 cm³/mol. The first-order chi connectivity index (χ1) is 14.1. The van der Waals surface area contributed by atoms with Crippen molar-refractivity contribution < 1.29 is 23.8 Å². The van der Waals surface area contributed by atoms with Crippen LogP contribution in [0.2, 0.25) is 0 Å². The standard InChI is InChI=1S/C23H21NO5/c1-27-17-12-13-18(16-9-5-4-6-10-16)20(15-17)24-14-8-7-11-19(22(25)28-2)21(24)23(26)29-3/h4-15H,1-3H3. The van der Waals surface area contributed by atoms with Gasteiger partial charge in [0, 0.05) is 17.8 Å². The molecule has 1 aliphatic heterocycles. The molecule has 0 saturated carbocycles. The molecule has 0 radical (unpaired) electrons. The largest absolute Gasteiger partial charge is 0.497 e. The van der Waals surface area contributed by atoms with Gasteiger partial charge >= 0.3 is 11.9 Å². The number of esters is 2. The van der Waals surface area contributed by atoms with E-state index >= 15 is 0 Å². The molecule has 6 nitrogen and oxygen atoms in total. The molecule has 2 aromatic carbocycles. The van der Waals surface area contributed by atoms with E-state index in [4.69, 9.17) is 14.2 Å². The molecule has 0 aliphatic carbocycles. The Balaban J connectivity index is 2.29. The zero-order chi connectivity index (χ0) is 20.8. The molecule has 2 aromatic rings. The Morgan fingerprint density at radius 3 is 2.24 bits per heavy atom. The third-order valence-corrected chi connectivity index (χ3v) is 4.44. The minimum Gasteiger partial charge on any atom is -0.497 e. The molecule has 1 aliphatic rings. The number of rotatable bonds is 5. The van der Waals surface area contributed by atoms with Crippen molar-refractivity contribution in [2.45, 2.75) is 0 Å². The minimum absolute atomic E-state index is 0.0507. The summed E-state index contributed by atoms with van der Waals surface area (Å²) in [5.74, 6) is -0.697. The van der Waals surface area contributed by atoms with Crippen molar-refractivity contribution in [3.05, 3.63) is 84.2 Å². The Labute approximate surface area is 169 Å². The summed E-state index contributed by atoms with van der Waals surface area (Å²) in [6.45, 7) is 0. The van der Waals surface area contributed by atoms with Crippen LogP contribution >= 0.6 is 0 Å². The molecule has 148 valence electrons. The smallest absolute Gasteiger partial charge is 0.355 e. The van der Waals surface area contributed by atoms with E-state index in [-0.39, 0.29) is 11.3 Å². The molecular formula is C23H21NO5. The molecule has 0 unspecified atom stereocenters. The fourth-order valence-corrected chi connectivity index (χ4v) is 3.05. The third-order valence-electron chi connectivity index (χ3n) is 4.44. The molecule has 6 heteroatoms. The van der Waals surface area contributed by atoms with Crippen LogP contribution in [-0.2, 0) is 19.1 Å². The maximum atomic E-state index is 12.7. The molecule has 0 aromatic heterocycles. The van der Waals surface area contributed by atoms with Crippen molar-refractivity contribution in [3.63, 3.8) is 0 Å². The summed E-state index contributed by atoms with van der Waals surface area (Å²) in [5.41, 5.74) is 2.58. The molecule has 29 heavy (non-hydrogen) atoms. The van der Waals surface area contributed by atoms with Crippen molar-refractivity contribution in [3.8, 4) is 16.9 Å². The van der Waals surface area contributed by atoms with Gasteiger partial charge in [-0.15, -0.1) is 0 Å². The Morgan fingerprint density at radius 2 is 1.59 bits per heavy atom. The second kappa shape index (κ2) is 8.93. The van der Waals surface area contributed by atoms with Gasteiger partial charge in [0.2, 0.25) is 0 Å². The lowest BCUT2D eigenvalue weighted by atomic mass is 10.0. The van der Waals surface area contributed by atoms with Crippen LogP contribution in [0.4, 0.5) is 5.69 Å². The summed E-state index contributed by atoms with van der Waals surface area (Å²) in [6, 6.07) is 15.3. The highest BCUT2D eigenvalue weighted by Crippen LogP contribution is 2.37. The Morgan fingerprint density at radius 1 is 0.862 bits per heavy atom. The van der Waals surface area contributed by atoms with Crippen molar-refractivity contribution in [1.29, 1.82) is 0 Å². The van der Waals surface area contributed by atoms with E-state index in [2.05, 4.69) is 0 Å². The number of ether oxygens (including phenoxy) is 3. The molecule has 0 spiro atoms. The summed E-state index contributed by atoms with van der Waals surface area (Å²) < 4.78 is 15.3. The van der Waals surface area contributed by atoms with Gasteiger partial charge in [-0.05, 0) is 29.8 Å². The lowest BCUT2D eigenvalue weighted by Crippen LogP contribution is -2.27. The quantitative estimate of drug-likeness (QED) is 0.722. The van der Waals surface area contributed by atoms with Crippen LogP contribution in [0.15, 0.2) is 84.2 Å². The molecule has 1 heterocycles. The maximum Gasteiger partial charge on any atom is 0.355 e. The number of carbonyl (C=O) groups excluding carboxylic acids is 2. The second-order valence-corrected chi connectivity index (χ2v) is 6.07. The molecule has 0 bridgehead atoms. The van der Waals surface area contributed by atoms with Crippen LogP contribution in [0, 0.1) is 0 Å². The normalized spacial score (nSPS) is 13.1. The minimum atomic E-state index is -0.663. The van der Waals surface area contributed by atoms with E-state index in [1.807, 2.05) is 42.5 Å². The SMILES string of the molecule is COC(=O)C1=C(C(=O)OC)N(c2cc(OC)ccc2-c2ccccc2)C=CC=C1. The number of methoxy groups -OCH3 is 3. The first-order valence-corrected chi connectivity index (χ1v) is 8.89. The lowest BCUT2D eigenvalue weighted by Gasteiger charge is -2.26. The van der Waals surface area contributed by atoms with Crippen molar-refractivity contribution in [2.24, 2.45) is 0 Å². The highest BCUT2D eigenvalue weighted by molar-refractivity contribution is 6.06. The molecule has 3 rings (SSSR count). The van der Waals surface area contributed by atoms with E-state index in [0.717, 1.165) is 11.1 Å². The zero-order valence-electron chi connectivity index (χ0n) is 16.4. The van der Waals surface area contributed by atoms with E-state index in [1.165, 1.54) is 20.3 Å². The number of hydrogen-bond donors (Lipinski definition) is 0. The van der Waals surface area contributed by atoms with Gasteiger partial charge in [-0.25, -0.2) is 9.59 Å². The van der Waals surface area contributed by atoms with E-state index in [0.29, 0.717) is 11.4 Å². The molecule has 0 atom stereocenters. The van der Waals surface area contributed by atoms with Crippen molar-refractivity contribution >= 4 is 17.6 Å². The third kappa shape index (κ3) is 4.06. The summed E-state index contributed by atoms with van der Waals surface area (Å²) >= 11 is 0. The number of allylic oxidation sites excluding steroid dienone is 2. The van der Waals surface area contributed by atoms with E-state index in [1.54, 1.807) is 36.4 Å². The number of hydrogen-bond acceptors (Lipinski definition) is 6. The number of carbonyl (C=O) groups is 2. The van der Waals surface area contributed by atoms with Crippen molar-refractivity contribution in [2.75, 3.05) is 26.2 Å². The van der Waals surface area contributed by atoms with E-state index < -0.39 is 11.9 Å². The average molecular weight is 391 g/mol. The van der Waals surface area contributed by atoms with E-state index in [9.17, 15) is 9.59 Å². The summed E-state index contributed by atoms with van der Waals surface area (Å²) in [6.07, 6.45) is 6.61.